The maximum absolute atomic E-state index is 9.37. The lowest BCUT2D eigenvalue weighted by atomic mass is 9.99. The standard InChI is InChI=1S/C15H21N3O/c1-2-18-14-8-4-3-7-13(14)16-15(18)17-9-5-6-12(10-17)11-19/h3-4,7-8,12,19H,2,5-6,9-11H2,1H3/t12-/m1/s1. The molecule has 1 aliphatic heterocycles. The number of aryl methyl sites for hydroxylation is 1. The van der Waals surface area contributed by atoms with Crippen LogP contribution in [0.5, 0.6) is 0 Å². The van der Waals surface area contributed by atoms with Crippen LogP contribution in [0.25, 0.3) is 11.0 Å². The first-order chi connectivity index (χ1) is 9.33. The van der Waals surface area contributed by atoms with E-state index >= 15 is 0 Å². The van der Waals surface area contributed by atoms with Crippen LogP contribution in [0, 0.1) is 5.92 Å². The summed E-state index contributed by atoms with van der Waals surface area (Å²) in [6.07, 6.45) is 2.26. The van der Waals surface area contributed by atoms with Gasteiger partial charge in [0.2, 0.25) is 5.95 Å². The number of piperidine rings is 1. The van der Waals surface area contributed by atoms with Gasteiger partial charge in [-0.3, -0.25) is 0 Å². The molecule has 1 fully saturated rings. The van der Waals surface area contributed by atoms with Crippen LogP contribution < -0.4 is 4.90 Å². The lowest BCUT2D eigenvalue weighted by molar-refractivity contribution is 0.208. The smallest absolute Gasteiger partial charge is 0.206 e. The Hall–Kier alpha value is -1.55. The Kier molecular flexibility index (Phi) is 3.42. The topological polar surface area (TPSA) is 41.3 Å². The molecule has 102 valence electrons. The first-order valence-corrected chi connectivity index (χ1v) is 7.14. The van der Waals surface area contributed by atoms with E-state index in [1.54, 1.807) is 0 Å². The van der Waals surface area contributed by atoms with Gasteiger partial charge in [-0.2, -0.15) is 0 Å². The molecule has 2 heterocycles. The highest BCUT2D eigenvalue weighted by Crippen LogP contribution is 2.26. The second-order valence-electron chi connectivity index (χ2n) is 5.28. The average Bonchev–Trinajstić information content (AvgIpc) is 2.86. The minimum Gasteiger partial charge on any atom is -0.396 e. The van der Waals surface area contributed by atoms with Crippen LogP contribution >= 0.6 is 0 Å². The van der Waals surface area contributed by atoms with Crippen molar-refractivity contribution < 1.29 is 5.11 Å². The molecule has 0 spiro atoms. The zero-order chi connectivity index (χ0) is 13.2. The Labute approximate surface area is 113 Å². The molecule has 4 nitrogen and oxygen atoms in total. The van der Waals surface area contributed by atoms with Gasteiger partial charge < -0.3 is 14.6 Å². The number of aliphatic hydroxyl groups excluding tert-OH is 1. The molecule has 0 saturated carbocycles. The van der Waals surface area contributed by atoms with Crippen LogP contribution in [-0.2, 0) is 6.54 Å². The van der Waals surface area contributed by atoms with Crippen LogP contribution in [0.1, 0.15) is 19.8 Å². The van der Waals surface area contributed by atoms with Gasteiger partial charge in [-0.15, -0.1) is 0 Å². The van der Waals surface area contributed by atoms with E-state index in [9.17, 15) is 5.11 Å². The molecule has 1 atom stereocenters. The van der Waals surface area contributed by atoms with Crippen molar-refractivity contribution in [2.45, 2.75) is 26.3 Å². The number of aromatic nitrogens is 2. The highest BCUT2D eigenvalue weighted by atomic mass is 16.3. The van der Waals surface area contributed by atoms with E-state index in [1.807, 2.05) is 6.07 Å². The Bertz CT molecular complexity index is 564. The molecular formula is C15H21N3O. The van der Waals surface area contributed by atoms with Crippen LogP contribution in [0.15, 0.2) is 24.3 Å². The predicted molar refractivity (Wildman–Crippen MR) is 77.4 cm³/mol. The summed E-state index contributed by atoms with van der Waals surface area (Å²) in [5.74, 6) is 1.45. The molecule has 1 aromatic heterocycles. The number of nitrogens with zero attached hydrogens (tertiary/aromatic N) is 3. The summed E-state index contributed by atoms with van der Waals surface area (Å²) in [4.78, 5) is 7.11. The number of imidazole rings is 1. The molecule has 0 bridgehead atoms. The summed E-state index contributed by atoms with van der Waals surface area (Å²) in [6.45, 7) is 5.32. The minimum atomic E-state index is 0.281. The van der Waals surface area contributed by atoms with Crippen molar-refractivity contribution in [2.24, 2.45) is 5.92 Å². The largest absolute Gasteiger partial charge is 0.396 e. The second-order valence-corrected chi connectivity index (χ2v) is 5.28. The van der Waals surface area contributed by atoms with Gasteiger partial charge in [0.1, 0.15) is 0 Å². The lowest BCUT2D eigenvalue weighted by Gasteiger charge is -2.32. The molecular weight excluding hydrogens is 238 g/mol. The summed E-state index contributed by atoms with van der Waals surface area (Å²) in [5, 5.41) is 9.37. The molecule has 1 aliphatic rings. The third-order valence-electron chi connectivity index (χ3n) is 4.01. The van der Waals surface area contributed by atoms with Crippen molar-refractivity contribution in [3.63, 3.8) is 0 Å². The average molecular weight is 259 g/mol. The minimum absolute atomic E-state index is 0.281. The maximum atomic E-state index is 9.37. The zero-order valence-electron chi connectivity index (χ0n) is 11.4. The summed E-state index contributed by atoms with van der Waals surface area (Å²) in [5.41, 5.74) is 2.26. The fourth-order valence-corrected chi connectivity index (χ4v) is 3.01. The summed E-state index contributed by atoms with van der Waals surface area (Å²) < 4.78 is 2.27. The molecule has 1 N–H and O–H groups in total. The third kappa shape index (κ3) is 2.21. The molecule has 0 amide bonds. The third-order valence-corrected chi connectivity index (χ3v) is 4.01. The van der Waals surface area contributed by atoms with E-state index in [2.05, 4.69) is 34.6 Å². The number of fused-ring (bicyclic) bond motifs is 1. The Morgan fingerprint density at radius 3 is 3.00 bits per heavy atom. The quantitative estimate of drug-likeness (QED) is 0.919. The number of hydrogen-bond acceptors (Lipinski definition) is 3. The van der Waals surface area contributed by atoms with Crippen molar-refractivity contribution in [3.05, 3.63) is 24.3 Å². The molecule has 1 saturated heterocycles. The number of hydrogen-bond donors (Lipinski definition) is 1. The van der Waals surface area contributed by atoms with E-state index in [4.69, 9.17) is 4.98 Å². The zero-order valence-corrected chi connectivity index (χ0v) is 11.4. The Morgan fingerprint density at radius 1 is 1.37 bits per heavy atom. The number of benzene rings is 1. The molecule has 1 aromatic carbocycles. The molecule has 0 radical (unpaired) electrons. The van der Waals surface area contributed by atoms with E-state index in [0.717, 1.165) is 43.9 Å². The fraction of sp³-hybridized carbons (Fsp3) is 0.533. The fourth-order valence-electron chi connectivity index (χ4n) is 3.01. The van der Waals surface area contributed by atoms with Crippen LogP contribution in [0.2, 0.25) is 0 Å². The lowest BCUT2D eigenvalue weighted by Crippen LogP contribution is -2.38. The van der Waals surface area contributed by atoms with Gasteiger partial charge in [0.25, 0.3) is 0 Å². The number of rotatable bonds is 3. The molecule has 19 heavy (non-hydrogen) atoms. The first kappa shape index (κ1) is 12.5. The van der Waals surface area contributed by atoms with E-state index < -0.39 is 0 Å². The second kappa shape index (κ2) is 5.21. The Morgan fingerprint density at radius 2 is 2.21 bits per heavy atom. The molecule has 0 unspecified atom stereocenters. The normalized spacial score (nSPS) is 20.1. The van der Waals surface area contributed by atoms with E-state index in [0.29, 0.717) is 5.92 Å². The van der Waals surface area contributed by atoms with Gasteiger partial charge in [-0.05, 0) is 37.8 Å². The van der Waals surface area contributed by atoms with Crippen molar-refractivity contribution in [1.82, 2.24) is 9.55 Å². The summed E-state index contributed by atoms with van der Waals surface area (Å²) in [6, 6.07) is 8.29. The number of anilines is 1. The van der Waals surface area contributed by atoms with Crippen molar-refractivity contribution in [2.75, 3.05) is 24.6 Å². The highest BCUT2D eigenvalue weighted by Gasteiger charge is 2.23. The van der Waals surface area contributed by atoms with Crippen LogP contribution in [0.4, 0.5) is 5.95 Å². The van der Waals surface area contributed by atoms with Gasteiger partial charge in [0, 0.05) is 26.2 Å². The van der Waals surface area contributed by atoms with Crippen molar-refractivity contribution in [3.8, 4) is 0 Å². The summed E-state index contributed by atoms with van der Waals surface area (Å²) in [7, 11) is 0. The van der Waals surface area contributed by atoms with E-state index in [1.165, 1.54) is 5.52 Å². The van der Waals surface area contributed by atoms with E-state index in [-0.39, 0.29) is 6.61 Å². The van der Waals surface area contributed by atoms with Gasteiger partial charge in [0.15, 0.2) is 0 Å². The highest BCUT2D eigenvalue weighted by molar-refractivity contribution is 5.78. The number of aliphatic hydroxyl groups is 1. The van der Waals surface area contributed by atoms with Crippen LogP contribution in [-0.4, -0.2) is 34.4 Å². The van der Waals surface area contributed by atoms with Crippen LogP contribution in [0.3, 0.4) is 0 Å². The van der Waals surface area contributed by atoms with Gasteiger partial charge in [-0.1, -0.05) is 12.1 Å². The predicted octanol–water partition coefficient (Wildman–Crippen LogP) is 2.26. The van der Waals surface area contributed by atoms with Gasteiger partial charge >= 0.3 is 0 Å². The van der Waals surface area contributed by atoms with Crippen molar-refractivity contribution >= 4 is 17.0 Å². The number of para-hydroxylation sites is 2. The first-order valence-electron chi connectivity index (χ1n) is 7.14. The van der Waals surface area contributed by atoms with Gasteiger partial charge in [0.05, 0.1) is 11.0 Å². The van der Waals surface area contributed by atoms with Crippen molar-refractivity contribution in [1.29, 1.82) is 0 Å². The summed E-state index contributed by atoms with van der Waals surface area (Å²) >= 11 is 0. The molecule has 0 aliphatic carbocycles. The Balaban J connectivity index is 1.99. The SMILES string of the molecule is CCn1c(N2CCC[C@@H](CO)C2)nc2ccccc21. The molecule has 2 aromatic rings. The van der Waals surface area contributed by atoms with Gasteiger partial charge in [-0.25, -0.2) is 4.98 Å². The molecule has 3 rings (SSSR count). The monoisotopic (exact) mass is 259 g/mol. The maximum Gasteiger partial charge on any atom is 0.206 e. The molecule has 4 heteroatoms.